The van der Waals surface area contributed by atoms with Crippen molar-refractivity contribution >= 4 is 11.9 Å². The van der Waals surface area contributed by atoms with Crippen molar-refractivity contribution in [2.75, 3.05) is 13.2 Å². The Kier molecular flexibility index (Phi) is 3.13. The number of ether oxygens (including phenoxy) is 1. The largest absolute Gasteiger partial charge is 0.394 e. The molecule has 3 atom stereocenters. The number of nitrogens with one attached hydrogen (secondary N) is 1. The number of urea groups is 1. The zero-order chi connectivity index (χ0) is 13.4. The Labute approximate surface area is 109 Å². The molecule has 104 valence electrons. The van der Waals surface area contributed by atoms with Crippen molar-refractivity contribution in [3.63, 3.8) is 0 Å². The topological polar surface area (TPSA) is 104 Å². The van der Waals surface area contributed by atoms with Gasteiger partial charge >= 0.3 is 6.03 Å². The summed E-state index contributed by atoms with van der Waals surface area (Å²) in [6, 6.07) is -0.385. The van der Waals surface area contributed by atoms with Gasteiger partial charge in [0.1, 0.15) is 18.9 Å². The van der Waals surface area contributed by atoms with Crippen molar-refractivity contribution in [2.45, 2.75) is 31.3 Å². The van der Waals surface area contributed by atoms with Gasteiger partial charge in [0.05, 0.1) is 12.7 Å². The number of carbonyl (C=O) groups is 1. The van der Waals surface area contributed by atoms with Gasteiger partial charge in [0.25, 0.3) is 0 Å². The lowest BCUT2D eigenvalue weighted by Gasteiger charge is -2.31. The highest BCUT2D eigenvalue weighted by Gasteiger charge is 2.40. The fourth-order valence-corrected chi connectivity index (χ4v) is 2.33. The number of fused-ring (bicyclic) bond motifs is 1. The van der Waals surface area contributed by atoms with Crippen LogP contribution in [0.25, 0.3) is 0 Å². The van der Waals surface area contributed by atoms with E-state index in [1.165, 1.54) is 4.90 Å². The predicted octanol–water partition coefficient (Wildman–Crippen LogP) is -0.903. The summed E-state index contributed by atoms with van der Waals surface area (Å²) < 4.78 is 5.46. The summed E-state index contributed by atoms with van der Waals surface area (Å²) in [7, 11) is 0. The van der Waals surface area contributed by atoms with Crippen LogP contribution in [0.4, 0.5) is 4.79 Å². The van der Waals surface area contributed by atoms with Gasteiger partial charge in [0, 0.05) is 24.6 Å². The number of nitrogens with zero attached hydrogens (tertiary/aromatic N) is 2. The monoisotopic (exact) mass is 269 g/mol. The molecule has 3 rings (SSSR count). The first kappa shape index (κ1) is 12.4. The Morgan fingerprint density at radius 1 is 1.58 bits per heavy atom. The molecule has 0 aromatic heterocycles. The van der Waals surface area contributed by atoms with Crippen LogP contribution in [0.5, 0.6) is 0 Å². The molecule has 3 heterocycles. The van der Waals surface area contributed by atoms with Crippen LogP contribution >= 0.6 is 0 Å². The molecule has 0 saturated carbocycles. The maximum absolute atomic E-state index is 11.9. The molecule has 0 spiro atoms. The number of hydrogen-bond acceptors (Lipinski definition) is 6. The van der Waals surface area contributed by atoms with Gasteiger partial charge in [-0.1, -0.05) is 5.16 Å². The first-order chi connectivity index (χ1) is 9.19. The van der Waals surface area contributed by atoms with Gasteiger partial charge in [0.15, 0.2) is 5.84 Å². The molecule has 0 radical (unpaired) electrons. The summed E-state index contributed by atoms with van der Waals surface area (Å²) in [5.74, 6) is 0.421. The van der Waals surface area contributed by atoms with Crippen LogP contribution in [0.3, 0.4) is 0 Å². The van der Waals surface area contributed by atoms with Crippen molar-refractivity contribution < 1.29 is 24.6 Å². The number of aliphatic hydroxyl groups excluding tert-OH is 2. The van der Waals surface area contributed by atoms with Gasteiger partial charge in [0.2, 0.25) is 0 Å². The quantitative estimate of drug-likeness (QED) is 0.602. The van der Waals surface area contributed by atoms with E-state index >= 15 is 0 Å². The lowest BCUT2D eigenvalue weighted by Crippen LogP contribution is -2.50. The summed E-state index contributed by atoms with van der Waals surface area (Å²) >= 11 is 0. The number of rotatable bonds is 2. The number of oxime groups is 1. The van der Waals surface area contributed by atoms with E-state index in [0.717, 1.165) is 5.57 Å². The molecule has 3 aliphatic rings. The van der Waals surface area contributed by atoms with Crippen LogP contribution in [-0.4, -0.2) is 58.6 Å². The molecule has 2 amide bonds. The Hall–Kier alpha value is -1.64. The molecule has 19 heavy (non-hydrogen) atoms. The van der Waals surface area contributed by atoms with Gasteiger partial charge in [-0.05, 0) is 0 Å². The van der Waals surface area contributed by atoms with Gasteiger partial charge in [-0.3, -0.25) is 10.2 Å². The van der Waals surface area contributed by atoms with Crippen LogP contribution < -0.4 is 5.32 Å². The number of hydrogen-bond donors (Lipinski definition) is 3. The highest BCUT2D eigenvalue weighted by molar-refractivity contribution is 6.09. The van der Waals surface area contributed by atoms with Gasteiger partial charge in [-0.15, -0.1) is 0 Å². The molecule has 8 nitrogen and oxygen atoms in total. The van der Waals surface area contributed by atoms with E-state index in [2.05, 4.69) is 10.5 Å². The molecule has 0 aromatic carbocycles. The second kappa shape index (κ2) is 4.80. The molecule has 1 saturated heterocycles. The van der Waals surface area contributed by atoms with Crippen molar-refractivity contribution in [2.24, 2.45) is 5.16 Å². The number of aliphatic hydroxyl groups is 2. The summed E-state index contributed by atoms with van der Waals surface area (Å²) in [6.07, 6.45) is 0.577. The molecule has 3 aliphatic heterocycles. The third kappa shape index (κ3) is 2.18. The van der Waals surface area contributed by atoms with E-state index in [0.29, 0.717) is 18.9 Å². The minimum Gasteiger partial charge on any atom is -0.394 e. The smallest absolute Gasteiger partial charge is 0.329 e. The second-order valence-electron chi connectivity index (χ2n) is 4.63. The zero-order valence-corrected chi connectivity index (χ0v) is 10.2. The summed E-state index contributed by atoms with van der Waals surface area (Å²) in [6.45, 7) is 0.191. The van der Waals surface area contributed by atoms with Gasteiger partial charge < -0.3 is 19.8 Å². The average molecular weight is 269 g/mol. The van der Waals surface area contributed by atoms with Crippen LogP contribution in [0.15, 0.2) is 16.9 Å². The third-order valence-corrected chi connectivity index (χ3v) is 3.37. The lowest BCUT2D eigenvalue weighted by atomic mass is 10.1. The minimum absolute atomic E-state index is 0.269. The van der Waals surface area contributed by atoms with Gasteiger partial charge in [-0.25, -0.2) is 4.79 Å². The molecule has 1 fully saturated rings. The molecule has 0 aromatic rings. The first-order valence-corrected chi connectivity index (χ1v) is 6.14. The van der Waals surface area contributed by atoms with E-state index in [-0.39, 0.29) is 19.1 Å². The van der Waals surface area contributed by atoms with E-state index in [1.54, 1.807) is 6.20 Å². The third-order valence-electron chi connectivity index (χ3n) is 3.37. The molecule has 0 unspecified atom stereocenters. The SMILES string of the molecule is O=C1NC2=NOCCC2=CN1[C@@H]1C[C@H](O)[C@@H](CO)O1. The Balaban J connectivity index is 1.80. The maximum atomic E-state index is 11.9. The second-order valence-corrected chi connectivity index (χ2v) is 4.63. The van der Waals surface area contributed by atoms with E-state index in [9.17, 15) is 9.90 Å². The lowest BCUT2D eigenvalue weighted by molar-refractivity contribution is -0.0536. The van der Waals surface area contributed by atoms with E-state index in [1.807, 2.05) is 0 Å². The van der Waals surface area contributed by atoms with E-state index < -0.39 is 18.4 Å². The van der Waals surface area contributed by atoms with Crippen molar-refractivity contribution in [3.05, 3.63) is 11.8 Å². The Morgan fingerprint density at radius 3 is 3.16 bits per heavy atom. The molecule has 0 aliphatic carbocycles. The molecule has 3 N–H and O–H groups in total. The van der Waals surface area contributed by atoms with Crippen LogP contribution in [0, 0.1) is 0 Å². The molecule has 8 heteroatoms. The summed E-state index contributed by atoms with van der Waals surface area (Å²) in [4.78, 5) is 18.2. The molecule has 0 bridgehead atoms. The van der Waals surface area contributed by atoms with Crippen LogP contribution in [-0.2, 0) is 9.57 Å². The standard InChI is InChI=1S/C11H15N3O5/c15-5-8-7(16)3-9(19-8)14-4-6-1-2-18-13-10(6)12-11(14)17/h4,7-9,15-16H,1-3,5H2,(H,12,13,17)/t7-,8+,9-/m0/s1. The highest BCUT2D eigenvalue weighted by atomic mass is 16.6. The van der Waals surface area contributed by atoms with Crippen LogP contribution in [0.2, 0.25) is 0 Å². The molecular formula is C11H15N3O5. The van der Waals surface area contributed by atoms with Crippen molar-refractivity contribution in [1.29, 1.82) is 0 Å². The van der Waals surface area contributed by atoms with Crippen molar-refractivity contribution in [3.8, 4) is 0 Å². The Morgan fingerprint density at radius 2 is 2.42 bits per heavy atom. The number of amides is 2. The summed E-state index contributed by atoms with van der Waals surface area (Å²) in [5.41, 5.74) is 0.858. The van der Waals surface area contributed by atoms with Crippen molar-refractivity contribution in [1.82, 2.24) is 10.2 Å². The average Bonchev–Trinajstić information content (AvgIpc) is 2.79. The Bertz CT molecular complexity index is 450. The van der Waals surface area contributed by atoms with Gasteiger partial charge in [-0.2, -0.15) is 0 Å². The number of amidine groups is 1. The fourth-order valence-electron chi connectivity index (χ4n) is 2.33. The summed E-state index contributed by atoms with van der Waals surface area (Å²) in [5, 5.41) is 25.1. The number of carbonyl (C=O) groups excluding carboxylic acids is 1. The maximum Gasteiger partial charge on any atom is 0.329 e. The van der Waals surface area contributed by atoms with E-state index in [4.69, 9.17) is 14.7 Å². The van der Waals surface area contributed by atoms with Crippen LogP contribution in [0.1, 0.15) is 12.8 Å². The zero-order valence-electron chi connectivity index (χ0n) is 10.2. The predicted molar refractivity (Wildman–Crippen MR) is 62.8 cm³/mol. The first-order valence-electron chi connectivity index (χ1n) is 6.14. The fraction of sp³-hybridized carbons (Fsp3) is 0.636. The normalized spacial score (nSPS) is 34.1. The highest BCUT2D eigenvalue weighted by Crippen LogP contribution is 2.26. The molecular weight excluding hydrogens is 254 g/mol. The minimum atomic E-state index is -0.772.